The fourth-order valence-corrected chi connectivity index (χ4v) is 2.36. The van der Waals surface area contributed by atoms with Crippen LogP contribution in [0.25, 0.3) is 16.7 Å². The van der Waals surface area contributed by atoms with Gasteiger partial charge in [0.2, 0.25) is 0 Å². The molecule has 0 unspecified atom stereocenters. The van der Waals surface area contributed by atoms with Crippen LogP contribution in [0, 0.1) is 5.82 Å². The van der Waals surface area contributed by atoms with E-state index >= 15 is 0 Å². The zero-order valence-electron chi connectivity index (χ0n) is 10.0. The second kappa shape index (κ2) is 4.61. The molecular weight excluding hydrogens is 283 g/mol. The first-order valence-electron chi connectivity index (χ1n) is 5.73. The Morgan fingerprint density at radius 1 is 1.25 bits per heavy atom. The Bertz CT molecular complexity index is 809. The van der Waals surface area contributed by atoms with Gasteiger partial charge in [0.1, 0.15) is 23.3 Å². The summed E-state index contributed by atoms with van der Waals surface area (Å²) in [5.41, 5.74) is 0.990. The van der Waals surface area contributed by atoms with E-state index in [9.17, 15) is 9.18 Å². The lowest BCUT2D eigenvalue weighted by Gasteiger charge is -2.08. The van der Waals surface area contributed by atoms with Crippen LogP contribution in [0.5, 0.6) is 0 Å². The zero-order valence-corrected chi connectivity index (χ0v) is 10.8. The van der Waals surface area contributed by atoms with Crippen molar-refractivity contribution in [3.05, 3.63) is 59.1 Å². The van der Waals surface area contributed by atoms with Crippen LogP contribution >= 0.6 is 11.6 Å². The summed E-state index contributed by atoms with van der Waals surface area (Å²) < 4.78 is 15.4. The molecule has 1 heterocycles. The monoisotopic (exact) mass is 290 g/mol. The molecule has 1 N–H and O–H groups in total. The summed E-state index contributed by atoms with van der Waals surface area (Å²) >= 11 is 6.02. The number of benzene rings is 2. The van der Waals surface area contributed by atoms with Gasteiger partial charge in [-0.3, -0.25) is 4.57 Å². The molecule has 0 fully saturated rings. The van der Waals surface area contributed by atoms with Gasteiger partial charge in [-0.1, -0.05) is 23.7 Å². The van der Waals surface area contributed by atoms with Crippen LogP contribution in [-0.4, -0.2) is 20.6 Å². The van der Waals surface area contributed by atoms with E-state index in [1.807, 2.05) is 0 Å². The average Bonchev–Trinajstić information content (AvgIpc) is 2.82. The minimum absolute atomic E-state index is 0.0636. The zero-order chi connectivity index (χ0) is 14.3. The quantitative estimate of drug-likeness (QED) is 0.785. The number of aromatic carboxylic acids is 1. The molecule has 0 aliphatic carbocycles. The van der Waals surface area contributed by atoms with Crippen molar-refractivity contribution >= 4 is 28.6 Å². The highest BCUT2D eigenvalue weighted by Crippen LogP contribution is 2.28. The van der Waals surface area contributed by atoms with E-state index in [1.165, 1.54) is 29.1 Å². The first-order chi connectivity index (χ1) is 9.59. The van der Waals surface area contributed by atoms with Crippen molar-refractivity contribution in [2.24, 2.45) is 0 Å². The third-order valence-corrected chi connectivity index (χ3v) is 3.29. The third-order valence-electron chi connectivity index (χ3n) is 2.99. The van der Waals surface area contributed by atoms with Gasteiger partial charge in [-0.2, -0.15) is 0 Å². The Hall–Kier alpha value is -2.40. The van der Waals surface area contributed by atoms with Gasteiger partial charge < -0.3 is 5.11 Å². The normalized spacial score (nSPS) is 10.9. The van der Waals surface area contributed by atoms with Crippen LogP contribution in [0.15, 0.2) is 42.7 Å². The van der Waals surface area contributed by atoms with Crippen LogP contribution < -0.4 is 0 Å². The molecule has 0 amide bonds. The van der Waals surface area contributed by atoms with Gasteiger partial charge in [-0.05, 0) is 24.3 Å². The highest BCUT2D eigenvalue weighted by atomic mass is 35.5. The minimum atomic E-state index is -1.08. The molecule has 0 aliphatic heterocycles. The van der Waals surface area contributed by atoms with Crippen molar-refractivity contribution in [1.82, 2.24) is 9.55 Å². The van der Waals surface area contributed by atoms with Gasteiger partial charge in [0, 0.05) is 0 Å². The lowest BCUT2D eigenvalue weighted by atomic mass is 10.2. The summed E-state index contributed by atoms with van der Waals surface area (Å²) in [6, 6.07) is 9.05. The Labute approximate surface area is 118 Å². The van der Waals surface area contributed by atoms with E-state index in [4.69, 9.17) is 16.7 Å². The molecule has 0 spiro atoms. The van der Waals surface area contributed by atoms with E-state index in [0.717, 1.165) is 0 Å². The number of imidazole rings is 1. The summed E-state index contributed by atoms with van der Waals surface area (Å²) in [6.45, 7) is 0. The summed E-state index contributed by atoms with van der Waals surface area (Å²) in [5, 5.41) is 9.35. The molecule has 1 aromatic heterocycles. The number of para-hydroxylation sites is 2. The third kappa shape index (κ3) is 1.83. The second-order valence-corrected chi connectivity index (χ2v) is 4.57. The Kier molecular flexibility index (Phi) is 2.91. The van der Waals surface area contributed by atoms with Crippen molar-refractivity contribution < 1.29 is 14.3 Å². The predicted octanol–water partition coefficient (Wildman–Crippen LogP) is 3.52. The molecule has 3 rings (SSSR count). The summed E-state index contributed by atoms with van der Waals surface area (Å²) in [6.07, 6.45) is 1.36. The van der Waals surface area contributed by atoms with E-state index in [-0.39, 0.29) is 16.3 Å². The molecule has 3 aromatic rings. The fraction of sp³-hybridized carbons (Fsp3) is 0. The molecule has 2 aromatic carbocycles. The summed E-state index contributed by atoms with van der Waals surface area (Å²) in [7, 11) is 0. The number of hydrogen-bond acceptors (Lipinski definition) is 2. The van der Waals surface area contributed by atoms with Crippen LogP contribution in [0.3, 0.4) is 0 Å². The van der Waals surface area contributed by atoms with Crippen molar-refractivity contribution in [2.45, 2.75) is 0 Å². The molecule has 0 saturated heterocycles. The van der Waals surface area contributed by atoms with Gasteiger partial charge in [0.15, 0.2) is 0 Å². The van der Waals surface area contributed by atoms with Crippen molar-refractivity contribution in [3.8, 4) is 5.69 Å². The first-order valence-corrected chi connectivity index (χ1v) is 6.11. The maximum Gasteiger partial charge on any atom is 0.337 e. The molecule has 0 bridgehead atoms. The number of carbonyl (C=O) groups is 1. The number of fused-ring (bicyclic) bond motifs is 1. The highest BCUT2D eigenvalue weighted by Gasteiger charge is 2.16. The molecular formula is C14H8ClFN2O2. The summed E-state index contributed by atoms with van der Waals surface area (Å²) in [5.74, 6) is -1.59. The van der Waals surface area contributed by atoms with E-state index in [0.29, 0.717) is 11.0 Å². The van der Waals surface area contributed by atoms with Gasteiger partial charge >= 0.3 is 5.97 Å². The Balaban J connectivity index is 2.34. The smallest absolute Gasteiger partial charge is 0.337 e. The largest absolute Gasteiger partial charge is 0.478 e. The standard InChI is InChI=1S/C14H8ClFN2O2/c15-9-4-2-5-10(16)13(9)18-7-17-12-8(14(19)20)3-1-6-11(12)18/h1-7H,(H,19,20). The average molecular weight is 291 g/mol. The number of rotatable bonds is 2. The second-order valence-electron chi connectivity index (χ2n) is 4.16. The lowest BCUT2D eigenvalue weighted by molar-refractivity contribution is 0.0699. The van der Waals surface area contributed by atoms with Crippen LogP contribution in [0.1, 0.15) is 10.4 Å². The number of nitrogens with zero attached hydrogens (tertiary/aromatic N) is 2. The topological polar surface area (TPSA) is 55.1 Å². The molecule has 0 atom stereocenters. The molecule has 100 valence electrons. The molecule has 4 nitrogen and oxygen atoms in total. The number of carboxylic acid groups (broad SMARTS) is 1. The lowest BCUT2D eigenvalue weighted by Crippen LogP contribution is -1.99. The number of carboxylic acids is 1. The number of aromatic nitrogens is 2. The van der Waals surface area contributed by atoms with Crippen LogP contribution in [0.4, 0.5) is 4.39 Å². The number of halogens is 2. The van der Waals surface area contributed by atoms with Gasteiger partial charge in [0.25, 0.3) is 0 Å². The van der Waals surface area contributed by atoms with E-state index < -0.39 is 11.8 Å². The fourth-order valence-electron chi connectivity index (χ4n) is 2.11. The summed E-state index contributed by atoms with van der Waals surface area (Å²) in [4.78, 5) is 15.2. The maximum atomic E-state index is 14.0. The van der Waals surface area contributed by atoms with Gasteiger partial charge in [0.05, 0.1) is 16.1 Å². The molecule has 0 saturated carbocycles. The first kappa shape index (κ1) is 12.6. The van der Waals surface area contributed by atoms with Gasteiger partial charge in [-0.25, -0.2) is 14.2 Å². The SMILES string of the molecule is O=C(O)c1cccc2c1ncn2-c1c(F)cccc1Cl. The van der Waals surface area contributed by atoms with Crippen LogP contribution in [-0.2, 0) is 0 Å². The number of hydrogen-bond donors (Lipinski definition) is 1. The minimum Gasteiger partial charge on any atom is -0.478 e. The maximum absolute atomic E-state index is 14.0. The molecule has 20 heavy (non-hydrogen) atoms. The predicted molar refractivity (Wildman–Crippen MR) is 73.0 cm³/mol. The molecule has 6 heteroatoms. The van der Waals surface area contributed by atoms with Crippen molar-refractivity contribution in [1.29, 1.82) is 0 Å². The van der Waals surface area contributed by atoms with Crippen molar-refractivity contribution in [3.63, 3.8) is 0 Å². The molecule has 0 aliphatic rings. The van der Waals surface area contributed by atoms with Gasteiger partial charge in [-0.15, -0.1) is 0 Å². The molecule has 0 radical (unpaired) electrons. The highest BCUT2D eigenvalue weighted by molar-refractivity contribution is 6.32. The van der Waals surface area contributed by atoms with Crippen molar-refractivity contribution in [2.75, 3.05) is 0 Å². The van der Waals surface area contributed by atoms with Crippen LogP contribution in [0.2, 0.25) is 5.02 Å². The Morgan fingerprint density at radius 3 is 2.70 bits per heavy atom. The Morgan fingerprint density at radius 2 is 2.00 bits per heavy atom. The van der Waals surface area contributed by atoms with E-state index in [2.05, 4.69) is 4.98 Å². The van der Waals surface area contributed by atoms with E-state index in [1.54, 1.807) is 18.2 Å².